The minimum atomic E-state index is -4.72. The van der Waals surface area contributed by atoms with Crippen molar-refractivity contribution in [2.75, 3.05) is 5.32 Å². The van der Waals surface area contributed by atoms with Crippen LogP contribution in [0.4, 0.5) is 23.7 Å². The molecule has 6 heteroatoms. The first-order valence-corrected chi connectivity index (χ1v) is 5.04. The first-order chi connectivity index (χ1) is 7.78. The number of carbonyl (C=O) groups excluding carboxylic acids is 1. The number of hydrogen-bond donors (Lipinski definition) is 2. The predicted molar refractivity (Wildman–Crippen MR) is 58.7 cm³/mol. The molecule has 0 saturated heterocycles. The molecule has 0 heterocycles. The van der Waals surface area contributed by atoms with Crippen LogP contribution in [0.2, 0.25) is 0 Å². The number of rotatable bonds is 2. The monoisotopic (exact) mass is 246 g/mol. The third kappa shape index (κ3) is 4.76. The van der Waals surface area contributed by atoms with Crippen LogP contribution in [0.3, 0.4) is 0 Å². The molecule has 1 rings (SSSR count). The van der Waals surface area contributed by atoms with Gasteiger partial charge in [0.15, 0.2) is 0 Å². The fourth-order valence-corrected chi connectivity index (χ4v) is 1.24. The van der Waals surface area contributed by atoms with E-state index in [0.717, 1.165) is 10.9 Å². The average molecular weight is 246 g/mol. The van der Waals surface area contributed by atoms with Crippen molar-refractivity contribution in [3.8, 4) is 0 Å². The highest BCUT2D eigenvalue weighted by molar-refractivity contribution is 5.89. The van der Waals surface area contributed by atoms with E-state index in [1.807, 2.05) is 13.8 Å². The average Bonchev–Trinajstić information content (AvgIpc) is 2.15. The Hall–Kier alpha value is -1.72. The van der Waals surface area contributed by atoms with Crippen LogP contribution in [0.5, 0.6) is 0 Å². The minimum absolute atomic E-state index is 0.316. The minimum Gasteiger partial charge on any atom is -0.308 e. The quantitative estimate of drug-likeness (QED) is 0.771. The Labute approximate surface area is 97.0 Å². The summed E-state index contributed by atoms with van der Waals surface area (Å²) in [6, 6.07) is 5.34. The lowest BCUT2D eigenvalue weighted by atomic mass is 10.0. The lowest BCUT2D eigenvalue weighted by molar-refractivity contribution is -0.144. The maximum Gasteiger partial charge on any atom is 0.485 e. The normalized spacial score (nSPS) is 11.4. The Morgan fingerprint density at radius 3 is 2.12 bits per heavy atom. The summed E-state index contributed by atoms with van der Waals surface area (Å²) in [6.45, 7) is 4.00. The van der Waals surface area contributed by atoms with Gasteiger partial charge in [-0.05, 0) is 23.6 Å². The molecule has 0 saturated carbocycles. The van der Waals surface area contributed by atoms with Crippen LogP contribution in [-0.2, 0) is 0 Å². The van der Waals surface area contributed by atoms with Crippen LogP contribution in [0.25, 0.3) is 0 Å². The van der Waals surface area contributed by atoms with Gasteiger partial charge in [0, 0.05) is 5.69 Å². The van der Waals surface area contributed by atoms with E-state index in [1.165, 1.54) is 0 Å². The first-order valence-electron chi connectivity index (χ1n) is 5.04. The molecule has 3 nitrogen and oxygen atoms in total. The summed E-state index contributed by atoms with van der Waals surface area (Å²) in [5.41, 5.74) is 1.36. The third-order valence-electron chi connectivity index (χ3n) is 2.09. The molecule has 2 amide bonds. The summed E-state index contributed by atoms with van der Waals surface area (Å²) in [6.07, 6.45) is -4.72. The van der Waals surface area contributed by atoms with E-state index in [4.69, 9.17) is 0 Å². The Morgan fingerprint density at radius 1 is 1.18 bits per heavy atom. The molecule has 0 aromatic heterocycles. The molecule has 0 bridgehead atoms. The highest BCUT2D eigenvalue weighted by Gasteiger charge is 2.29. The van der Waals surface area contributed by atoms with E-state index in [-0.39, 0.29) is 0 Å². The smallest absolute Gasteiger partial charge is 0.308 e. The molecular weight excluding hydrogens is 233 g/mol. The maximum absolute atomic E-state index is 11.8. The second kappa shape index (κ2) is 5.07. The van der Waals surface area contributed by atoms with Crippen molar-refractivity contribution in [3.05, 3.63) is 29.8 Å². The van der Waals surface area contributed by atoms with Crippen molar-refractivity contribution in [2.45, 2.75) is 26.1 Å². The van der Waals surface area contributed by atoms with Gasteiger partial charge in [0.25, 0.3) is 0 Å². The fraction of sp³-hybridized carbons (Fsp3) is 0.364. The molecule has 0 aliphatic rings. The number of carbonyl (C=O) groups is 1. The number of hydrogen-bond acceptors (Lipinski definition) is 1. The summed E-state index contributed by atoms with van der Waals surface area (Å²) in [5, 5.41) is 2.95. The lowest BCUT2D eigenvalue weighted by Gasteiger charge is -2.11. The SMILES string of the molecule is CC(C)c1ccc(NC(=O)NC(F)(F)F)cc1. The van der Waals surface area contributed by atoms with E-state index in [1.54, 1.807) is 24.3 Å². The highest BCUT2D eigenvalue weighted by Crippen LogP contribution is 2.17. The summed E-state index contributed by atoms with van der Waals surface area (Å²) in [4.78, 5) is 10.9. The van der Waals surface area contributed by atoms with Crippen LogP contribution in [0.15, 0.2) is 24.3 Å². The maximum atomic E-state index is 11.8. The van der Waals surface area contributed by atoms with Crippen molar-refractivity contribution >= 4 is 11.7 Å². The second-order valence-corrected chi connectivity index (χ2v) is 3.85. The number of amides is 2. The van der Waals surface area contributed by atoms with E-state index >= 15 is 0 Å². The standard InChI is InChI=1S/C11H13F3N2O/c1-7(2)8-3-5-9(6-4-8)15-10(17)16-11(12,13)14/h3-7H,1-2H3,(H2,15,16,17). The topological polar surface area (TPSA) is 41.1 Å². The zero-order valence-corrected chi connectivity index (χ0v) is 9.43. The third-order valence-corrected chi connectivity index (χ3v) is 2.09. The first kappa shape index (κ1) is 13.3. The van der Waals surface area contributed by atoms with Crippen molar-refractivity contribution in [3.63, 3.8) is 0 Å². The van der Waals surface area contributed by atoms with Gasteiger partial charge in [0.1, 0.15) is 0 Å². The van der Waals surface area contributed by atoms with Gasteiger partial charge >= 0.3 is 12.3 Å². The number of anilines is 1. The number of benzene rings is 1. The van der Waals surface area contributed by atoms with Crippen molar-refractivity contribution < 1.29 is 18.0 Å². The van der Waals surface area contributed by atoms with Gasteiger partial charge in [0.05, 0.1) is 0 Å². The zero-order valence-electron chi connectivity index (χ0n) is 9.43. The van der Waals surface area contributed by atoms with Crippen LogP contribution in [0, 0.1) is 0 Å². The molecule has 0 aliphatic heterocycles. The largest absolute Gasteiger partial charge is 0.485 e. The summed E-state index contributed by atoms with van der Waals surface area (Å²) < 4.78 is 35.4. The van der Waals surface area contributed by atoms with Gasteiger partial charge in [0.2, 0.25) is 0 Å². The molecule has 0 radical (unpaired) electrons. The van der Waals surface area contributed by atoms with Crippen molar-refractivity contribution in [2.24, 2.45) is 0 Å². The number of halogens is 3. The van der Waals surface area contributed by atoms with Gasteiger partial charge in [-0.25, -0.2) is 10.1 Å². The molecule has 1 aromatic rings. The lowest BCUT2D eigenvalue weighted by Crippen LogP contribution is -2.40. The van der Waals surface area contributed by atoms with Gasteiger partial charge in [-0.15, -0.1) is 0 Å². The second-order valence-electron chi connectivity index (χ2n) is 3.85. The van der Waals surface area contributed by atoms with Gasteiger partial charge in [-0.1, -0.05) is 26.0 Å². The Bertz CT molecular complexity index is 385. The molecule has 0 fully saturated rings. The molecule has 94 valence electrons. The molecule has 0 spiro atoms. The zero-order chi connectivity index (χ0) is 13.1. The molecule has 0 atom stereocenters. The van der Waals surface area contributed by atoms with Crippen molar-refractivity contribution in [1.82, 2.24) is 5.32 Å². The predicted octanol–water partition coefficient (Wildman–Crippen LogP) is 3.45. The molecule has 0 unspecified atom stereocenters. The summed E-state index contributed by atoms with van der Waals surface area (Å²) in [7, 11) is 0. The van der Waals surface area contributed by atoms with E-state index in [9.17, 15) is 18.0 Å². The molecule has 1 aromatic carbocycles. The van der Waals surface area contributed by atoms with Crippen LogP contribution in [0.1, 0.15) is 25.3 Å². The van der Waals surface area contributed by atoms with Crippen LogP contribution >= 0.6 is 0 Å². The van der Waals surface area contributed by atoms with Gasteiger partial charge < -0.3 is 5.32 Å². The number of alkyl halides is 3. The van der Waals surface area contributed by atoms with Gasteiger partial charge in [-0.2, -0.15) is 13.2 Å². The van der Waals surface area contributed by atoms with E-state index in [0.29, 0.717) is 11.6 Å². The van der Waals surface area contributed by atoms with Crippen molar-refractivity contribution in [1.29, 1.82) is 0 Å². The van der Waals surface area contributed by atoms with E-state index < -0.39 is 12.3 Å². The molecular formula is C11H13F3N2O. The Morgan fingerprint density at radius 2 is 1.71 bits per heavy atom. The summed E-state index contributed by atoms with van der Waals surface area (Å²) >= 11 is 0. The molecule has 0 aliphatic carbocycles. The van der Waals surface area contributed by atoms with Crippen LogP contribution in [-0.4, -0.2) is 12.3 Å². The number of nitrogens with one attached hydrogen (secondary N) is 2. The Kier molecular flexibility index (Phi) is 3.98. The fourth-order valence-electron chi connectivity index (χ4n) is 1.24. The Balaban J connectivity index is 2.61. The molecule has 2 N–H and O–H groups in total. The van der Waals surface area contributed by atoms with E-state index in [2.05, 4.69) is 5.32 Å². The summed E-state index contributed by atoms with van der Waals surface area (Å²) in [5.74, 6) is 0.327. The number of urea groups is 1. The highest BCUT2D eigenvalue weighted by atomic mass is 19.4. The molecule has 17 heavy (non-hydrogen) atoms. The van der Waals surface area contributed by atoms with Crippen LogP contribution < -0.4 is 10.6 Å². The van der Waals surface area contributed by atoms with Gasteiger partial charge in [-0.3, -0.25) is 0 Å².